The Balaban J connectivity index is 2.44. The highest BCUT2D eigenvalue weighted by Gasteiger charge is 2.12. The summed E-state index contributed by atoms with van der Waals surface area (Å²) in [6.07, 6.45) is -0.749. The van der Waals surface area contributed by atoms with E-state index in [0.29, 0.717) is 11.3 Å². The Morgan fingerprint density at radius 3 is 2.78 bits per heavy atom. The van der Waals surface area contributed by atoms with Crippen molar-refractivity contribution in [2.24, 2.45) is 0 Å². The van der Waals surface area contributed by atoms with E-state index in [-0.39, 0.29) is 0 Å². The number of halogens is 1. The van der Waals surface area contributed by atoms with Crippen LogP contribution in [-0.4, -0.2) is 11.3 Å². The highest BCUT2D eigenvalue weighted by atomic mass is 35.5. The number of fused-ring (bicyclic) bond motifs is 1. The van der Waals surface area contributed by atoms with E-state index in [1.165, 1.54) is 6.07 Å². The maximum atomic E-state index is 11.3. The number of aryl methyl sites for hydroxylation is 1. The van der Waals surface area contributed by atoms with Crippen molar-refractivity contribution in [3.05, 3.63) is 40.2 Å². The van der Waals surface area contributed by atoms with Gasteiger partial charge >= 0.3 is 5.63 Å². The zero-order chi connectivity index (χ0) is 13.3. The van der Waals surface area contributed by atoms with Gasteiger partial charge in [0.1, 0.15) is 11.3 Å². The van der Waals surface area contributed by atoms with Gasteiger partial charge in [0.25, 0.3) is 5.24 Å². The average molecular weight is 267 g/mol. The SMILES string of the molecule is Cc1cc(=O)oc2cc(OC(C)C(=O)Cl)ccc12. The second kappa shape index (κ2) is 4.82. The van der Waals surface area contributed by atoms with Crippen molar-refractivity contribution < 1.29 is 13.9 Å². The number of carbonyl (C=O) groups excluding carboxylic acids is 1. The third-order valence-electron chi connectivity index (χ3n) is 2.56. The van der Waals surface area contributed by atoms with Gasteiger partial charge in [-0.2, -0.15) is 0 Å². The summed E-state index contributed by atoms with van der Waals surface area (Å²) in [5, 5.41) is 0.243. The van der Waals surface area contributed by atoms with Crippen molar-refractivity contribution in [1.82, 2.24) is 0 Å². The largest absolute Gasteiger partial charge is 0.481 e. The van der Waals surface area contributed by atoms with Gasteiger partial charge in [0.2, 0.25) is 0 Å². The predicted octanol–water partition coefficient (Wildman–Crippen LogP) is 2.63. The first-order valence-corrected chi connectivity index (χ1v) is 5.75. The molecule has 0 spiro atoms. The molecular formula is C13H11ClO4. The van der Waals surface area contributed by atoms with Crippen molar-refractivity contribution in [1.29, 1.82) is 0 Å². The van der Waals surface area contributed by atoms with Crippen LogP contribution in [0.15, 0.2) is 33.5 Å². The van der Waals surface area contributed by atoms with Gasteiger partial charge < -0.3 is 9.15 Å². The van der Waals surface area contributed by atoms with E-state index in [0.717, 1.165) is 10.9 Å². The molecule has 1 unspecified atom stereocenters. The first kappa shape index (κ1) is 12.6. The molecule has 1 atom stereocenters. The van der Waals surface area contributed by atoms with Crippen LogP contribution >= 0.6 is 11.6 Å². The third-order valence-corrected chi connectivity index (χ3v) is 2.86. The molecular weight excluding hydrogens is 256 g/mol. The molecule has 0 saturated carbocycles. The molecule has 2 aromatic rings. The summed E-state index contributed by atoms with van der Waals surface area (Å²) < 4.78 is 10.4. The zero-order valence-electron chi connectivity index (χ0n) is 9.90. The van der Waals surface area contributed by atoms with E-state index in [4.69, 9.17) is 20.8 Å². The Labute approximate surface area is 108 Å². The predicted molar refractivity (Wildman–Crippen MR) is 68.2 cm³/mol. The summed E-state index contributed by atoms with van der Waals surface area (Å²) in [6, 6.07) is 6.47. The molecule has 0 fully saturated rings. The molecule has 0 bridgehead atoms. The number of benzene rings is 1. The molecule has 1 aromatic heterocycles. The topological polar surface area (TPSA) is 56.5 Å². The van der Waals surface area contributed by atoms with Crippen LogP contribution in [0.1, 0.15) is 12.5 Å². The Kier molecular flexibility index (Phi) is 3.39. The van der Waals surface area contributed by atoms with Crippen LogP contribution in [0.5, 0.6) is 5.75 Å². The Morgan fingerprint density at radius 2 is 2.11 bits per heavy atom. The summed E-state index contributed by atoms with van der Waals surface area (Å²) in [6.45, 7) is 3.37. The van der Waals surface area contributed by atoms with Crippen molar-refractivity contribution in [3.8, 4) is 5.75 Å². The van der Waals surface area contributed by atoms with Crippen LogP contribution in [0.4, 0.5) is 0 Å². The van der Waals surface area contributed by atoms with Crippen LogP contribution in [0, 0.1) is 6.92 Å². The molecule has 4 nitrogen and oxygen atoms in total. The first-order valence-electron chi connectivity index (χ1n) is 5.38. The van der Waals surface area contributed by atoms with Gasteiger partial charge in [-0.05, 0) is 43.1 Å². The van der Waals surface area contributed by atoms with E-state index in [9.17, 15) is 9.59 Å². The average Bonchev–Trinajstić information content (AvgIpc) is 2.27. The van der Waals surface area contributed by atoms with Gasteiger partial charge in [-0.15, -0.1) is 0 Å². The summed E-state index contributed by atoms with van der Waals surface area (Å²) in [7, 11) is 0. The third kappa shape index (κ3) is 2.54. The minimum absolute atomic E-state index is 0.418. The van der Waals surface area contributed by atoms with Crippen LogP contribution in [0.25, 0.3) is 11.0 Å². The monoisotopic (exact) mass is 266 g/mol. The van der Waals surface area contributed by atoms with E-state index in [1.807, 2.05) is 6.92 Å². The van der Waals surface area contributed by atoms with Crippen molar-refractivity contribution in [2.75, 3.05) is 0 Å². The van der Waals surface area contributed by atoms with Gasteiger partial charge in [-0.1, -0.05) is 0 Å². The Hall–Kier alpha value is -1.81. The number of carbonyl (C=O) groups is 1. The van der Waals surface area contributed by atoms with E-state index >= 15 is 0 Å². The molecule has 0 aliphatic rings. The van der Waals surface area contributed by atoms with Gasteiger partial charge in [-0.25, -0.2) is 4.79 Å². The van der Waals surface area contributed by atoms with Crippen molar-refractivity contribution >= 4 is 27.8 Å². The lowest BCUT2D eigenvalue weighted by Gasteiger charge is -2.10. The fourth-order valence-corrected chi connectivity index (χ4v) is 1.67. The summed E-state index contributed by atoms with van der Waals surface area (Å²) in [5.41, 5.74) is 0.833. The van der Waals surface area contributed by atoms with Crippen molar-refractivity contribution in [3.63, 3.8) is 0 Å². The maximum Gasteiger partial charge on any atom is 0.336 e. The molecule has 5 heteroatoms. The minimum Gasteiger partial charge on any atom is -0.481 e. The molecule has 18 heavy (non-hydrogen) atoms. The van der Waals surface area contributed by atoms with Gasteiger partial charge in [0.15, 0.2) is 6.10 Å². The normalized spacial score (nSPS) is 12.4. The van der Waals surface area contributed by atoms with Gasteiger partial charge in [-0.3, -0.25) is 4.79 Å². The first-order chi connectivity index (χ1) is 8.47. The zero-order valence-corrected chi connectivity index (χ0v) is 10.7. The van der Waals surface area contributed by atoms with Crippen LogP contribution < -0.4 is 10.4 Å². The second-order valence-electron chi connectivity index (χ2n) is 3.97. The fourth-order valence-electron chi connectivity index (χ4n) is 1.63. The summed E-state index contributed by atoms with van der Waals surface area (Å²) in [5.74, 6) is 0.428. The summed E-state index contributed by atoms with van der Waals surface area (Å²) in [4.78, 5) is 22.2. The summed E-state index contributed by atoms with van der Waals surface area (Å²) >= 11 is 5.31. The Bertz CT molecular complexity index is 660. The molecule has 0 N–H and O–H groups in total. The number of hydrogen-bond donors (Lipinski definition) is 0. The molecule has 1 heterocycles. The smallest absolute Gasteiger partial charge is 0.336 e. The minimum atomic E-state index is -0.749. The molecule has 0 aliphatic carbocycles. The second-order valence-corrected chi connectivity index (χ2v) is 4.34. The van der Waals surface area contributed by atoms with E-state index < -0.39 is 17.0 Å². The standard InChI is InChI=1S/C13H11ClO4/c1-7-5-12(15)18-11-6-9(3-4-10(7)11)17-8(2)13(14)16/h3-6,8H,1-2H3. The number of ether oxygens (including phenoxy) is 1. The van der Waals surface area contributed by atoms with Crippen molar-refractivity contribution in [2.45, 2.75) is 20.0 Å². The lowest BCUT2D eigenvalue weighted by molar-refractivity contribution is -0.117. The van der Waals surface area contributed by atoms with E-state index in [2.05, 4.69) is 0 Å². The van der Waals surface area contributed by atoms with Crippen LogP contribution in [-0.2, 0) is 4.79 Å². The molecule has 2 rings (SSSR count). The van der Waals surface area contributed by atoms with Gasteiger partial charge in [0, 0.05) is 17.5 Å². The van der Waals surface area contributed by atoms with Crippen LogP contribution in [0.3, 0.4) is 0 Å². The van der Waals surface area contributed by atoms with Crippen LogP contribution in [0.2, 0.25) is 0 Å². The molecule has 1 aromatic carbocycles. The molecule has 0 radical (unpaired) electrons. The quantitative estimate of drug-likeness (QED) is 0.633. The van der Waals surface area contributed by atoms with Gasteiger partial charge in [0.05, 0.1) is 0 Å². The van der Waals surface area contributed by atoms with E-state index in [1.54, 1.807) is 25.1 Å². The Morgan fingerprint density at radius 1 is 1.39 bits per heavy atom. The number of rotatable bonds is 3. The fraction of sp³-hybridized carbons (Fsp3) is 0.231. The molecule has 0 amide bonds. The lowest BCUT2D eigenvalue weighted by Crippen LogP contribution is -2.18. The number of hydrogen-bond acceptors (Lipinski definition) is 4. The highest BCUT2D eigenvalue weighted by molar-refractivity contribution is 6.64. The highest BCUT2D eigenvalue weighted by Crippen LogP contribution is 2.23. The molecule has 94 valence electrons. The lowest BCUT2D eigenvalue weighted by atomic mass is 10.1. The maximum absolute atomic E-state index is 11.3. The molecule has 0 aliphatic heterocycles. The molecule has 0 saturated heterocycles.